The fourth-order valence-electron chi connectivity index (χ4n) is 2.63. The van der Waals surface area contributed by atoms with Gasteiger partial charge in [0.25, 0.3) is 0 Å². The molecule has 0 heterocycles. The van der Waals surface area contributed by atoms with E-state index < -0.39 is 5.97 Å². The van der Waals surface area contributed by atoms with Gasteiger partial charge in [-0.3, -0.25) is 9.59 Å². The number of hydrogen-bond donors (Lipinski definition) is 1. The first kappa shape index (κ1) is 9.49. The predicted octanol–water partition coefficient (Wildman–Crippen LogP) is 0.906. The Labute approximate surface area is 82.2 Å². The van der Waals surface area contributed by atoms with Crippen LogP contribution in [0.5, 0.6) is 0 Å². The molecule has 0 amide bonds. The van der Waals surface area contributed by atoms with Gasteiger partial charge in [-0.2, -0.15) is 0 Å². The molecule has 0 saturated heterocycles. The quantitative estimate of drug-likeness (QED) is 0.684. The van der Waals surface area contributed by atoms with Gasteiger partial charge < -0.3 is 9.84 Å². The number of esters is 1. The molecule has 0 radical (unpaired) electrons. The van der Waals surface area contributed by atoms with E-state index in [1.807, 2.05) is 0 Å². The first-order valence-corrected chi connectivity index (χ1v) is 5.04. The van der Waals surface area contributed by atoms with Crippen molar-refractivity contribution in [1.29, 1.82) is 0 Å². The zero-order valence-electron chi connectivity index (χ0n) is 8.10. The van der Waals surface area contributed by atoms with Crippen LogP contribution in [0.1, 0.15) is 19.8 Å². The molecule has 0 spiro atoms. The maximum absolute atomic E-state index is 11.3. The Hall–Kier alpha value is -1.06. The van der Waals surface area contributed by atoms with Gasteiger partial charge in [-0.15, -0.1) is 0 Å². The van der Waals surface area contributed by atoms with Crippen LogP contribution in [0.4, 0.5) is 0 Å². The smallest absolute Gasteiger partial charge is 0.309 e. The minimum absolute atomic E-state index is 0.00514. The number of carboxylic acid groups (broad SMARTS) is 1. The lowest BCUT2D eigenvalue weighted by Crippen LogP contribution is -2.17. The second kappa shape index (κ2) is 3.26. The van der Waals surface area contributed by atoms with E-state index in [-0.39, 0.29) is 29.6 Å². The van der Waals surface area contributed by atoms with E-state index in [2.05, 4.69) is 0 Å². The maximum Gasteiger partial charge on any atom is 0.309 e. The highest BCUT2D eigenvalue weighted by Gasteiger charge is 2.61. The average Bonchev–Trinajstić information content (AvgIpc) is 2.62. The number of carboxylic acids is 1. The molecular formula is C10H14O4. The summed E-state index contributed by atoms with van der Waals surface area (Å²) in [5.74, 6) is -0.502. The van der Waals surface area contributed by atoms with Crippen molar-refractivity contribution in [3.05, 3.63) is 0 Å². The lowest BCUT2D eigenvalue weighted by Gasteiger charge is -2.08. The third-order valence-electron chi connectivity index (χ3n) is 3.35. The Bertz CT molecular complexity index is 261. The summed E-state index contributed by atoms with van der Waals surface area (Å²) in [6.07, 6.45) is 1.31. The predicted molar refractivity (Wildman–Crippen MR) is 47.5 cm³/mol. The van der Waals surface area contributed by atoms with Gasteiger partial charge in [-0.05, 0) is 31.6 Å². The van der Waals surface area contributed by atoms with Crippen LogP contribution in [0, 0.1) is 23.7 Å². The molecule has 0 aliphatic heterocycles. The Morgan fingerprint density at radius 2 is 1.93 bits per heavy atom. The molecule has 78 valence electrons. The lowest BCUT2D eigenvalue weighted by molar-refractivity contribution is -0.147. The summed E-state index contributed by atoms with van der Waals surface area (Å²) in [5.41, 5.74) is 0. The third-order valence-corrected chi connectivity index (χ3v) is 3.35. The van der Waals surface area contributed by atoms with Crippen molar-refractivity contribution in [2.24, 2.45) is 23.7 Å². The number of ether oxygens (including phenoxy) is 1. The molecule has 0 aromatic carbocycles. The highest BCUT2D eigenvalue weighted by Crippen LogP contribution is 2.60. The van der Waals surface area contributed by atoms with Crippen molar-refractivity contribution in [1.82, 2.24) is 0 Å². The number of carbonyl (C=O) groups excluding carboxylic acids is 1. The van der Waals surface area contributed by atoms with Crippen molar-refractivity contribution in [2.75, 3.05) is 6.61 Å². The molecule has 2 saturated carbocycles. The topological polar surface area (TPSA) is 63.6 Å². The second-order valence-electron chi connectivity index (χ2n) is 4.11. The van der Waals surface area contributed by atoms with Gasteiger partial charge in [0.15, 0.2) is 0 Å². The van der Waals surface area contributed by atoms with E-state index in [9.17, 15) is 9.59 Å². The van der Waals surface area contributed by atoms with Crippen molar-refractivity contribution in [3.8, 4) is 0 Å². The standard InChI is InChI=1S/C10H14O4/c1-2-14-10(13)8-6-3-5(9(11)12)4-7(6)8/h5-8H,2-4H2,1H3,(H,11,12)/t5?,6-,7-,8?/m0/s1. The summed E-state index contributed by atoms with van der Waals surface area (Å²) >= 11 is 0. The molecular weight excluding hydrogens is 184 g/mol. The molecule has 14 heavy (non-hydrogen) atoms. The Kier molecular flexibility index (Phi) is 2.21. The largest absolute Gasteiger partial charge is 0.481 e. The molecule has 0 aromatic rings. The fourth-order valence-corrected chi connectivity index (χ4v) is 2.63. The van der Waals surface area contributed by atoms with Crippen LogP contribution in [0.25, 0.3) is 0 Å². The lowest BCUT2D eigenvalue weighted by atomic mass is 10.0. The summed E-state index contributed by atoms with van der Waals surface area (Å²) < 4.78 is 4.91. The number of carbonyl (C=O) groups is 2. The van der Waals surface area contributed by atoms with Crippen molar-refractivity contribution in [2.45, 2.75) is 19.8 Å². The second-order valence-corrected chi connectivity index (χ2v) is 4.11. The van der Waals surface area contributed by atoms with E-state index in [0.717, 1.165) is 0 Å². The minimum atomic E-state index is -0.722. The molecule has 2 aliphatic rings. The van der Waals surface area contributed by atoms with E-state index in [1.165, 1.54) is 0 Å². The highest BCUT2D eigenvalue weighted by atomic mass is 16.5. The fraction of sp³-hybridized carbons (Fsp3) is 0.800. The molecule has 4 nitrogen and oxygen atoms in total. The van der Waals surface area contributed by atoms with Gasteiger partial charge in [0, 0.05) is 0 Å². The molecule has 2 aliphatic carbocycles. The summed E-state index contributed by atoms with van der Waals surface area (Å²) in [4.78, 5) is 22.0. The third kappa shape index (κ3) is 1.38. The number of hydrogen-bond acceptors (Lipinski definition) is 3. The Morgan fingerprint density at radius 3 is 2.36 bits per heavy atom. The van der Waals surface area contributed by atoms with E-state index in [0.29, 0.717) is 19.4 Å². The van der Waals surface area contributed by atoms with Crippen LogP contribution < -0.4 is 0 Å². The van der Waals surface area contributed by atoms with Crippen LogP contribution in [-0.4, -0.2) is 23.7 Å². The van der Waals surface area contributed by atoms with Crippen LogP contribution >= 0.6 is 0 Å². The SMILES string of the molecule is CCOC(=O)C1[C@H]2CC(C(=O)O)C[C@H]12. The highest BCUT2D eigenvalue weighted by molar-refractivity contribution is 5.78. The van der Waals surface area contributed by atoms with Gasteiger partial charge in [-0.25, -0.2) is 0 Å². The van der Waals surface area contributed by atoms with Crippen molar-refractivity contribution in [3.63, 3.8) is 0 Å². The summed E-state index contributed by atoms with van der Waals surface area (Å²) in [7, 11) is 0. The number of fused-ring (bicyclic) bond motifs is 1. The molecule has 0 bridgehead atoms. The maximum atomic E-state index is 11.3. The monoisotopic (exact) mass is 198 g/mol. The Morgan fingerprint density at radius 1 is 1.36 bits per heavy atom. The zero-order valence-corrected chi connectivity index (χ0v) is 8.10. The molecule has 4 heteroatoms. The normalized spacial score (nSPS) is 35.1. The molecule has 1 N–H and O–H groups in total. The van der Waals surface area contributed by atoms with Gasteiger partial charge in [0.05, 0.1) is 18.4 Å². The van der Waals surface area contributed by atoms with Crippen LogP contribution in [0.3, 0.4) is 0 Å². The number of rotatable bonds is 3. The Balaban J connectivity index is 1.85. The zero-order chi connectivity index (χ0) is 10.3. The van der Waals surface area contributed by atoms with Crippen LogP contribution in [-0.2, 0) is 14.3 Å². The van der Waals surface area contributed by atoms with Gasteiger partial charge in [0.1, 0.15) is 0 Å². The minimum Gasteiger partial charge on any atom is -0.481 e. The summed E-state index contributed by atoms with van der Waals surface area (Å²) in [6.45, 7) is 2.20. The van der Waals surface area contributed by atoms with Gasteiger partial charge >= 0.3 is 11.9 Å². The van der Waals surface area contributed by atoms with Crippen LogP contribution in [0.2, 0.25) is 0 Å². The van der Waals surface area contributed by atoms with Gasteiger partial charge in [0.2, 0.25) is 0 Å². The summed E-state index contributed by atoms with van der Waals surface area (Å²) in [6, 6.07) is 0. The van der Waals surface area contributed by atoms with Crippen LogP contribution in [0.15, 0.2) is 0 Å². The summed E-state index contributed by atoms with van der Waals surface area (Å²) in [5, 5.41) is 8.76. The van der Waals surface area contributed by atoms with E-state index >= 15 is 0 Å². The molecule has 0 aromatic heterocycles. The van der Waals surface area contributed by atoms with Crippen molar-refractivity contribution < 1.29 is 19.4 Å². The van der Waals surface area contributed by atoms with E-state index in [1.54, 1.807) is 6.92 Å². The molecule has 0 unspecified atom stereocenters. The molecule has 2 rings (SSSR count). The van der Waals surface area contributed by atoms with E-state index in [4.69, 9.17) is 9.84 Å². The van der Waals surface area contributed by atoms with Crippen molar-refractivity contribution >= 4 is 11.9 Å². The first-order valence-electron chi connectivity index (χ1n) is 5.04. The average molecular weight is 198 g/mol. The van der Waals surface area contributed by atoms with Gasteiger partial charge in [-0.1, -0.05) is 0 Å². The first-order chi connectivity index (χ1) is 6.65. The molecule has 2 atom stereocenters. The molecule has 2 fully saturated rings. The number of aliphatic carboxylic acids is 1.